The van der Waals surface area contributed by atoms with Crippen molar-refractivity contribution in [3.8, 4) is 0 Å². The van der Waals surface area contributed by atoms with Crippen molar-refractivity contribution < 1.29 is 46.9 Å². The zero-order valence-corrected chi connectivity index (χ0v) is 11.1. The third-order valence-electron chi connectivity index (χ3n) is 1.66. The molecule has 0 fully saturated rings. The van der Waals surface area contributed by atoms with E-state index >= 15 is 0 Å². The number of aromatic nitrogens is 1. The maximum Gasteiger partial charge on any atom is 0.303 e. The first-order valence-electron chi connectivity index (χ1n) is 19.3. The number of carbonyl (C=O) groups is 1. The van der Waals surface area contributed by atoms with Crippen molar-refractivity contribution in [1.29, 1.82) is 0 Å². The molecule has 1 aromatic rings. The molecule has 1 atom stereocenters. The summed E-state index contributed by atoms with van der Waals surface area (Å²) in [5, 5.41) is 9.07. The minimum Gasteiger partial charge on any atom is -0.481 e. The van der Waals surface area contributed by atoms with E-state index < -0.39 is 119 Å². The maximum absolute atomic E-state index is 11.3. The van der Waals surface area contributed by atoms with Crippen molar-refractivity contribution >= 4 is 5.97 Å². The highest BCUT2D eigenvalue weighted by Gasteiger charge is 1.97. The second kappa shape index (κ2) is 13.3. The van der Waals surface area contributed by atoms with Gasteiger partial charge in [-0.3, -0.25) is 9.78 Å². The third-order valence-corrected chi connectivity index (χ3v) is 1.66. The van der Waals surface area contributed by atoms with Crippen LogP contribution in [0.2, 0.25) is 0 Å². The van der Waals surface area contributed by atoms with E-state index in [2.05, 4.69) is 4.98 Å². The molecule has 0 amide bonds. The van der Waals surface area contributed by atoms with Gasteiger partial charge in [0.15, 0.2) is 0 Å². The fourth-order valence-electron chi connectivity index (χ4n) is 0.890. The van der Waals surface area contributed by atoms with Gasteiger partial charge >= 0.3 is 5.97 Å². The Balaban J connectivity index is 3.85. The van der Waals surface area contributed by atoms with Crippen LogP contribution in [-0.2, 0) is 11.2 Å². The van der Waals surface area contributed by atoms with E-state index in [0.29, 0.717) is 0 Å². The standard InChI is InChI=1S/C19H31NO2/c21-19(22)16-11-9-7-5-3-1-2-4-6-8-10-14-18-15-12-13-17-20-18/h12-13,15,17H,1-11,14,16H2,(H,21,22)/i1D2,2D2,3D2,4D2,5D2,6D2,7D2,8D2,9D2,10D,11D2,12D,13D,15D,16D2,17D. The molecule has 22 heavy (non-hydrogen) atoms. The van der Waals surface area contributed by atoms with E-state index in [9.17, 15) is 4.79 Å². The molecule has 0 saturated carbocycles. The van der Waals surface area contributed by atoms with E-state index in [1.165, 1.54) is 0 Å². The second-order valence-electron chi connectivity index (χ2n) is 3.15. The minimum absolute atomic E-state index is 0.710. The first-order chi connectivity index (χ1) is 21.1. The summed E-state index contributed by atoms with van der Waals surface area (Å²) in [5.41, 5.74) is -0.710. The van der Waals surface area contributed by atoms with Crippen molar-refractivity contribution in [3.05, 3.63) is 30.0 Å². The van der Waals surface area contributed by atoms with Gasteiger partial charge in [-0.2, -0.15) is 0 Å². The normalized spacial score (nSPS) is 37.4. The highest BCUT2D eigenvalue weighted by atomic mass is 16.4. The van der Waals surface area contributed by atoms with E-state index in [1.54, 1.807) is 0 Å². The molecule has 124 valence electrons. The van der Waals surface area contributed by atoms with Gasteiger partial charge in [-0.1, -0.05) is 63.4 Å². The summed E-state index contributed by atoms with van der Waals surface area (Å²) in [7, 11) is 0. The minimum atomic E-state index is -4.93. The Bertz CT molecular complexity index is 1430. The van der Waals surface area contributed by atoms with Crippen LogP contribution in [-0.4, -0.2) is 16.1 Å². The first-order valence-corrected chi connectivity index (χ1v) is 5.68. The molecule has 0 saturated heterocycles. The van der Waals surface area contributed by atoms with Gasteiger partial charge in [-0.15, -0.1) is 0 Å². The average molecular weight is 333 g/mol. The number of pyridine rings is 1. The summed E-state index contributed by atoms with van der Waals surface area (Å²) in [6.45, 7) is 0. The Morgan fingerprint density at radius 3 is 2.23 bits per heavy atom. The van der Waals surface area contributed by atoms with Crippen molar-refractivity contribution in [3.63, 3.8) is 0 Å². The Morgan fingerprint density at radius 1 is 1.00 bits per heavy atom. The van der Waals surface area contributed by atoms with Crippen molar-refractivity contribution in [2.45, 2.75) is 82.9 Å². The zero-order valence-electron chi connectivity index (χ0n) is 38.1. The van der Waals surface area contributed by atoms with Gasteiger partial charge in [-0.25, -0.2) is 0 Å². The van der Waals surface area contributed by atoms with Crippen LogP contribution < -0.4 is 0 Å². The lowest BCUT2D eigenvalue weighted by Crippen LogP contribution is -1.93. The number of nitrogens with zero attached hydrogens (tertiary/aromatic N) is 1. The Hall–Kier alpha value is -1.38. The third kappa shape index (κ3) is 11.3. The summed E-state index contributed by atoms with van der Waals surface area (Å²) in [6.07, 6.45) is -55.9. The quantitative estimate of drug-likeness (QED) is 0.497. The number of aliphatic carboxylic acids is 1. The van der Waals surface area contributed by atoms with Gasteiger partial charge < -0.3 is 5.11 Å². The SMILES string of the molecule is [2H]c1nc(CC([2H])C([2H])([2H])C([2H])([2H])C([2H])([2H])C([2H])([2H])C([2H])([2H])C([2H])([2H])C([2H])([2H])C([2H])([2H])C([2H])([2H])C([2H])([2H])C([2H])([2H])C(=O)O)c([2H])c([2H])c1[2H]. The van der Waals surface area contributed by atoms with Crippen LogP contribution >= 0.6 is 0 Å². The molecular formula is C19H31NO2. The van der Waals surface area contributed by atoms with Crippen molar-refractivity contribution in [1.82, 2.24) is 4.98 Å². The number of carboxylic acids is 1. The molecule has 0 aromatic carbocycles. The van der Waals surface area contributed by atoms with Gasteiger partial charge in [0.25, 0.3) is 0 Å². The fraction of sp³-hybridized carbons (Fsp3) is 0.684. The van der Waals surface area contributed by atoms with Crippen LogP contribution in [0.1, 0.15) is 119 Å². The van der Waals surface area contributed by atoms with Gasteiger partial charge in [0.05, 0.1) is 5.48 Å². The average Bonchev–Trinajstić information content (AvgIpc) is 2.93. The fourth-order valence-corrected chi connectivity index (χ4v) is 0.890. The summed E-state index contributed by atoms with van der Waals surface area (Å²) >= 11 is 0. The highest BCUT2D eigenvalue weighted by molar-refractivity contribution is 5.66. The van der Waals surface area contributed by atoms with Gasteiger partial charge in [0.2, 0.25) is 0 Å². The Kier molecular flexibility index (Phi) is 2.12. The first kappa shape index (κ1) is 3.50. The molecule has 3 nitrogen and oxygen atoms in total. The number of hydrogen-bond acceptors (Lipinski definition) is 2. The van der Waals surface area contributed by atoms with Gasteiger partial charge in [0.1, 0.15) is 0 Å². The van der Waals surface area contributed by atoms with E-state index in [0.717, 1.165) is 0 Å². The topological polar surface area (TPSA) is 50.2 Å². The summed E-state index contributed by atoms with van der Waals surface area (Å²) in [4.78, 5) is 14.8. The van der Waals surface area contributed by atoms with Gasteiger partial charge in [0, 0.05) is 49.8 Å². The van der Waals surface area contributed by atoms with Crippen LogP contribution in [0.25, 0.3) is 0 Å². The van der Waals surface area contributed by atoms with Crippen LogP contribution in [0, 0.1) is 0 Å². The predicted molar refractivity (Wildman–Crippen MR) is 91.0 cm³/mol. The summed E-state index contributed by atoms with van der Waals surface area (Å²) in [6, 6.07) is -2.61. The molecular weight excluding hydrogens is 274 g/mol. The Labute approximate surface area is 173 Å². The number of rotatable bonds is 14. The second-order valence-corrected chi connectivity index (χ2v) is 3.15. The zero-order chi connectivity index (χ0) is 40.0. The lowest BCUT2D eigenvalue weighted by Gasteiger charge is -2.03. The molecule has 0 aliphatic heterocycles. The molecule has 1 N–H and O–H groups in total. The molecule has 0 aliphatic rings. The molecule has 1 rings (SSSR count). The molecule has 1 heterocycles. The molecule has 1 unspecified atom stereocenters. The molecule has 0 bridgehead atoms. The van der Waals surface area contributed by atoms with Crippen LogP contribution in [0.3, 0.4) is 0 Å². The number of aryl methyl sites for hydroxylation is 1. The molecule has 0 spiro atoms. The van der Waals surface area contributed by atoms with Crippen LogP contribution in [0.15, 0.2) is 24.3 Å². The van der Waals surface area contributed by atoms with Crippen molar-refractivity contribution in [2.75, 3.05) is 0 Å². The van der Waals surface area contributed by atoms with E-state index in [4.69, 9.17) is 42.1 Å². The molecule has 3 heteroatoms. The number of hydrogen-bond donors (Lipinski definition) is 1. The van der Waals surface area contributed by atoms with Crippen LogP contribution in [0.4, 0.5) is 0 Å². The largest absolute Gasteiger partial charge is 0.481 e. The predicted octanol–water partition coefficient (Wildman–Crippen LogP) is 5.39. The molecule has 0 aliphatic carbocycles. The Morgan fingerprint density at radius 2 is 1.59 bits per heavy atom. The smallest absolute Gasteiger partial charge is 0.303 e. The van der Waals surface area contributed by atoms with Crippen LogP contribution in [0.5, 0.6) is 0 Å². The highest BCUT2D eigenvalue weighted by Crippen LogP contribution is 2.12. The summed E-state index contributed by atoms with van der Waals surface area (Å²) in [5.74, 6) is -2.71. The molecule has 0 radical (unpaired) electrons. The lowest BCUT2D eigenvalue weighted by atomic mass is 10.0. The monoisotopic (exact) mass is 332 g/mol. The van der Waals surface area contributed by atoms with E-state index in [-0.39, 0.29) is 0 Å². The van der Waals surface area contributed by atoms with E-state index in [1.807, 2.05) is 0 Å². The maximum atomic E-state index is 11.3. The van der Waals surface area contributed by atoms with Crippen molar-refractivity contribution in [2.24, 2.45) is 0 Å². The lowest BCUT2D eigenvalue weighted by molar-refractivity contribution is -0.137. The number of carboxylic acid groups (broad SMARTS) is 1. The molecule has 1 aromatic heterocycles. The van der Waals surface area contributed by atoms with Gasteiger partial charge in [-0.05, 0) is 31.3 Å². The summed E-state index contributed by atoms with van der Waals surface area (Å²) < 4.78 is 216.